The van der Waals surface area contributed by atoms with Crippen molar-refractivity contribution in [3.05, 3.63) is 69.8 Å². The number of carbonyl (C=O) groups is 1. The monoisotopic (exact) mass is 379 g/mol. The Kier molecular flexibility index (Phi) is 5.28. The van der Waals surface area contributed by atoms with Crippen molar-refractivity contribution in [1.29, 1.82) is 0 Å². The first-order chi connectivity index (χ1) is 13.6. The number of rotatable bonds is 4. The number of benzene rings is 2. The molecule has 1 fully saturated rings. The highest BCUT2D eigenvalue weighted by Gasteiger charge is 2.30. The predicted molar refractivity (Wildman–Crippen MR) is 108 cm³/mol. The van der Waals surface area contributed by atoms with Crippen LogP contribution in [0.1, 0.15) is 42.9 Å². The van der Waals surface area contributed by atoms with Gasteiger partial charge in [-0.15, -0.1) is 0 Å². The maximum Gasteiger partial charge on any atom is 0.292 e. The van der Waals surface area contributed by atoms with Crippen molar-refractivity contribution < 1.29 is 9.72 Å². The summed E-state index contributed by atoms with van der Waals surface area (Å²) >= 11 is 0. The minimum Gasteiger partial charge on any atom is -0.366 e. The summed E-state index contributed by atoms with van der Waals surface area (Å²) in [6.45, 7) is 1.31. The van der Waals surface area contributed by atoms with E-state index in [0.717, 1.165) is 19.3 Å². The summed E-state index contributed by atoms with van der Waals surface area (Å²) in [4.78, 5) is 25.8. The molecule has 28 heavy (non-hydrogen) atoms. The SMILES string of the molecule is O=C(N[C@H]1CCCc2ccccc21)C1CCN(c2ccccc2[N+](=O)[O-])CC1. The third-order valence-corrected chi connectivity index (χ3v) is 5.97. The third kappa shape index (κ3) is 3.72. The van der Waals surface area contributed by atoms with Crippen LogP contribution in [0.15, 0.2) is 48.5 Å². The van der Waals surface area contributed by atoms with Gasteiger partial charge in [-0.3, -0.25) is 14.9 Å². The number of carbonyl (C=O) groups excluding carboxylic acids is 1. The number of aryl methyl sites for hydroxylation is 1. The first kappa shape index (κ1) is 18.5. The van der Waals surface area contributed by atoms with E-state index >= 15 is 0 Å². The van der Waals surface area contributed by atoms with Crippen LogP contribution < -0.4 is 10.2 Å². The fraction of sp³-hybridized carbons (Fsp3) is 0.409. The summed E-state index contributed by atoms with van der Waals surface area (Å²) < 4.78 is 0. The van der Waals surface area contributed by atoms with Crippen LogP contribution in [-0.4, -0.2) is 23.9 Å². The first-order valence-corrected chi connectivity index (χ1v) is 10.00. The Balaban J connectivity index is 1.38. The molecule has 0 saturated carbocycles. The molecule has 1 aliphatic carbocycles. The van der Waals surface area contributed by atoms with E-state index in [1.807, 2.05) is 17.0 Å². The normalized spacial score (nSPS) is 19.7. The molecular weight excluding hydrogens is 354 g/mol. The standard InChI is InChI=1S/C22H25N3O3/c26-22(23-19-9-5-7-16-6-1-2-8-18(16)19)17-12-14-24(15-13-17)20-10-3-4-11-21(20)25(27)28/h1-4,6,8,10-11,17,19H,5,7,9,12-15H2,(H,23,26)/t19-/m0/s1. The van der Waals surface area contributed by atoms with Crippen LogP contribution in [0.5, 0.6) is 0 Å². The van der Waals surface area contributed by atoms with Gasteiger partial charge < -0.3 is 10.2 Å². The highest BCUT2D eigenvalue weighted by atomic mass is 16.6. The summed E-state index contributed by atoms with van der Waals surface area (Å²) in [5.41, 5.74) is 3.36. The van der Waals surface area contributed by atoms with Gasteiger partial charge in [0.25, 0.3) is 5.69 Å². The van der Waals surface area contributed by atoms with Crippen LogP contribution in [0.25, 0.3) is 0 Å². The van der Waals surface area contributed by atoms with Crippen molar-refractivity contribution in [2.24, 2.45) is 5.92 Å². The number of nitro benzene ring substituents is 1. The quantitative estimate of drug-likeness (QED) is 0.643. The van der Waals surface area contributed by atoms with E-state index in [0.29, 0.717) is 31.6 Å². The molecule has 4 rings (SSSR count). The van der Waals surface area contributed by atoms with E-state index in [-0.39, 0.29) is 28.5 Å². The zero-order valence-corrected chi connectivity index (χ0v) is 15.8. The lowest BCUT2D eigenvalue weighted by Crippen LogP contribution is -2.42. The summed E-state index contributed by atoms with van der Waals surface area (Å²) in [6, 6.07) is 15.3. The Labute approximate surface area is 164 Å². The molecule has 2 aromatic rings. The topological polar surface area (TPSA) is 75.5 Å². The molecule has 2 aliphatic rings. The molecule has 1 atom stereocenters. The number of anilines is 1. The molecule has 146 valence electrons. The minimum atomic E-state index is -0.339. The largest absolute Gasteiger partial charge is 0.366 e. The molecule has 6 nitrogen and oxygen atoms in total. The van der Waals surface area contributed by atoms with Crippen LogP contribution in [0.3, 0.4) is 0 Å². The highest BCUT2D eigenvalue weighted by Crippen LogP contribution is 2.33. The van der Waals surface area contributed by atoms with Gasteiger partial charge >= 0.3 is 0 Å². The summed E-state index contributed by atoms with van der Waals surface area (Å²) in [5, 5.41) is 14.5. The molecule has 1 heterocycles. The Morgan fingerprint density at radius 2 is 1.75 bits per heavy atom. The zero-order valence-electron chi connectivity index (χ0n) is 15.8. The molecule has 1 amide bonds. The Bertz CT molecular complexity index is 875. The van der Waals surface area contributed by atoms with E-state index in [4.69, 9.17) is 0 Å². The van der Waals surface area contributed by atoms with Crippen LogP contribution in [-0.2, 0) is 11.2 Å². The lowest BCUT2D eigenvalue weighted by Gasteiger charge is -2.34. The lowest BCUT2D eigenvalue weighted by molar-refractivity contribution is -0.384. The van der Waals surface area contributed by atoms with E-state index < -0.39 is 0 Å². The second-order valence-electron chi connectivity index (χ2n) is 7.66. The molecule has 1 saturated heterocycles. The summed E-state index contributed by atoms with van der Waals surface area (Å²) in [7, 11) is 0. The molecule has 0 radical (unpaired) electrons. The number of para-hydroxylation sites is 2. The smallest absolute Gasteiger partial charge is 0.292 e. The molecular formula is C22H25N3O3. The van der Waals surface area contributed by atoms with Gasteiger partial charge in [0.05, 0.1) is 11.0 Å². The summed E-state index contributed by atoms with van der Waals surface area (Å²) in [6.07, 6.45) is 4.59. The molecule has 2 aromatic carbocycles. The first-order valence-electron chi connectivity index (χ1n) is 10.00. The molecule has 1 aliphatic heterocycles. The van der Waals surface area contributed by atoms with Gasteiger partial charge in [-0.1, -0.05) is 36.4 Å². The van der Waals surface area contributed by atoms with Gasteiger partial charge in [-0.2, -0.15) is 0 Å². The average molecular weight is 379 g/mol. The number of nitrogens with one attached hydrogen (secondary N) is 1. The van der Waals surface area contributed by atoms with E-state index in [9.17, 15) is 14.9 Å². The van der Waals surface area contributed by atoms with Crippen LogP contribution >= 0.6 is 0 Å². The molecule has 0 aromatic heterocycles. The zero-order chi connectivity index (χ0) is 19.5. The molecule has 0 spiro atoms. The van der Waals surface area contributed by atoms with Crippen molar-refractivity contribution in [1.82, 2.24) is 5.32 Å². The minimum absolute atomic E-state index is 0.0342. The third-order valence-electron chi connectivity index (χ3n) is 5.97. The average Bonchev–Trinajstić information content (AvgIpc) is 2.74. The highest BCUT2D eigenvalue weighted by molar-refractivity contribution is 5.79. The van der Waals surface area contributed by atoms with E-state index in [1.54, 1.807) is 12.1 Å². The van der Waals surface area contributed by atoms with Gasteiger partial charge in [0, 0.05) is 25.1 Å². The second kappa shape index (κ2) is 8.00. The second-order valence-corrected chi connectivity index (χ2v) is 7.66. The number of hydrogen-bond acceptors (Lipinski definition) is 4. The fourth-order valence-corrected chi connectivity index (χ4v) is 4.46. The van der Waals surface area contributed by atoms with Crippen molar-refractivity contribution in [2.45, 2.75) is 38.1 Å². The number of nitro groups is 1. The Morgan fingerprint density at radius 1 is 1.04 bits per heavy atom. The van der Waals surface area contributed by atoms with Crippen LogP contribution in [0, 0.1) is 16.0 Å². The lowest BCUT2D eigenvalue weighted by atomic mass is 9.87. The van der Waals surface area contributed by atoms with Crippen molar-refractivity contribution in [3.63, 3.8) is 0 Å². The Hall–Kier alpha value is -2.89. The molecule has 0 unspecified atom stereocenters. The maximum absolute atomic E-state index is 12.9. The molecule has 0 bridgehead atoms. The van der Waals surface area contributed by atoms with Gasteiger partial charge in [0.1, 0.15) is 5.69 Å². The van der Waals surface area contributed by atoms with Crippen molar-refractivity contribution >= 4 is 17.3 Å². The fourth-order valence-electron chi connectivity index (χ4n) is 4.46. The van der Waals surface area contributed by atoms with E-state index in [1.165, 1.54) is 17.2 Å². The van der Waals surface area contributed by atoms with Crippen LogP contribution in [0.4, 0.5) is 11.4 Å². The molecule has 1 N–H and O–H groups in total. The van der Waals surface area contributed by atoms with Gasteiger partial charge in [0.2, 0.25) is 5.91 Å². The number of amides is 1. The van der Waals surface area contributed by atoms with Gasteiger partial charge in [-0.25, -0.2) is 0 Å². The summed E-state index contributed by atoms with van der Waals surface area (Å²) in [5.74, 6) is 0.0806. The number of piperidine rings is 1. The molecule has 6 heteroatoms. The maximum atomic E-state index is 12.9. The number of hydrogen-bond donors (Lipinski definition) is 1. The van der Waals surface area contributed by atoms with Crippen molar-refractivity contribution in [3.8, 4) is 0 Å². The van der Waals surface area contributed by atoms with Gasteiger partial charge in [0.15, 0.2) is 0 Å². The Morgan fingerprint density at radius 3 is 2.54 bits per heavy atom. The van der Waals surface area contributed by atoms with Crippen LogP contribution in [0.2, 0.25) is 0 Å². The number of fused-ring (bicyclic) bond motifs is 1. The van der Waals surface area contributed by atoms with E-state index in [2.05, 4.69) is 23.5 Å². The number of nitrogens with zero attached hydrogens (tertiary/aromatic N) is 2. The predicted octanol–water partition coefficient (Wildman–Crippen LogP) is 4.01. The van der Waals surface area contributed by atoms with Crippen molar-refractivity contribution in [2.75, 3.05) is 18.0 Å². The van der Waals surface area contributed by atoms with Gasteiger partial charge in [-0.05, 0) is 49.3 Å².